The zero-order chi connectivity index (χ0) is 18.3. The highest BCUT2D eigenvalue weighted by atomic mass is 19.4. The van der Waals surface area contributed by atoms with Crippen molar-refractivity contribution in [3.05, 3.63) is 35.6 Å². The number of benzene rings is 1. The summed E-state index contributed by atoms with van der Waals surface area (Å²) in [6, 6.07) is 3.49. The van der Waals surface area contributed by atoms with E-state index in [-0.39, 0.29) is 16.3 Å². The zero-order valence-corrected chi connectivity index (χ0v) is 11.9. The van der Waals surface area contributed by atoms with Crippen LogP contribution in [0.1, 0.15) is 23.7 Å². The van der Waals surface area contributed by atoms with Crippen molar-refractivity contribution < 1.29 is 41.0 Å². The number of amides is 1. The van der Waals surface area contributed by atoms with Gasteiger partial charge in [0.15, 0.2) is 0 Å². The van der Waals surface area contributed by atoms with Crippen molar-refractivity contribution in [1.29, 1.82) is 0 Å². The maximum atomic E-state index is 13.9. The molecular formula is C13H10F6N2O3. The quantitative estimate of drug-likeness (QED) is 0.848. The Bertz CT molecular complexity index is 673. The normalized spacial score (nSPS) is 21.8. The van der Waals surface area contributed by atoms with E-state index in [2.05, 4.69) is 9.84 Å². The fraction of sp³-hybridized carbons (Fsp3) is 0.385. The van der Waals surface area contributed by atoms with Gasteiger partial charge in [-0.2, -0.15) is 18.9 Å². The minimum Gasteiger partial charge on any atom is -0.362 e. The van der Waals surface area contributed by atoms with Gasteiger partial charge in [0, 0.05) is 17.7 Å². The maximum absolute atomic E-state index is 13.9. The van der Waals surface area contributed by atoms with Crippen LogP contribution in [0, 0.1) is 5.82 Å². The van der Waals surface area contributed by atoms with Crippen LogP contribution in [0.3, 0.4) is 0 Å². The van der Waals surface area contributed by atoms with Crippen molar-refractivity contribution >= 4 is 11.6 Å². The Morgan fingerprint density at radius 2 is 1.79 bits per heavy atom. The number of halogens is 6. The van der Waals surface area contributed by atoms with E-state index >= 15 is 0 Å². The van der Waals surface area contributed by atoms with E-state index in [0.29, 0.717) is 0 Å². The third kappa shape index (κ3) is 3.36. The molecule has 0 spiro atoms. The molecule has 0 saturated heterocycles. The topological polar surface area (TPSA) is 62.1 Å². The van der Waals surface area contributed by atoms with Crippen molar-refractivity contribution in [2.75, 3.05) is 0 Å². The van der Waals surface area contributed by atoms with E-state index in [4.69, 9.17) is 0 Å². The van der Waals surface area contributed by atoms with Crippen LogP contribution in [-0.4, -0.2) is 39.9 Å². The second-order valence-corrected chi connectivity index (χ2v) is 5.02. The number of aliphatic hydroxyl groups is 1. The first-order valence-electron chi connectivity index (χ1n) is 6.37. The minimum absolute atomic E-state index is 0.193. The lowest BCUT2D eigenvalue weighted by atomic mass is 10.1. The van der Waals surface area contributed by atoms with Crippen LogP contribution >= 0.6 is 0 Å². The fourth-order valence-corrected chi connectivity index (χ4v) is 2.10. The Morgan fingerprint density at radius 1 is 1.25 bits per heavy atom. The summed E-state index contributed by atoms with van der Waals surface area (Å²) in [4.78, 5) is 12.2. The van der Waals surface area contributed by atoms with Crippen molar-refractivity contribution in [1.82, 2.24) is 5.01 Å². The number of rotatable bonds is 3. The molecule has 24 heavy (non-hydrogen) atoms. The van der Waals surface area contributed by atoms with Gasteiger partial charge in [-0.3, -0.25) is 4.79 Å². The number of ether oxygens (including phenoxy) is 1. The number of alkyl halides is 5. The van der Waals surface area contributed by atoms with Gasteiger partial charge in [-0.15, -0.1) is 13.2 Å². The summed E-state index contributed by atoms with van der Waals surface area (Å²) in [7, 11) is 0. The molecule has 1 atom stereocenters. The molecule has 0 unspecified atom stereocenters. The van der Waals surface area contributed by atoms with E-state index in [9.17, 15) is 36.2 Å². The van der Waals surface area contributed by atoms with Crippen LogP contribution in [0.4, 0.5) is 26.3 Å². The summed E-state index contributed by atoms with van der Waals surface area (Å²) in [5.41, 5.74) is -4.27. The molecule has 0 aromatic heterocycles. The molecule has 0 saturated carbocycles. The number of carbonyl (C=O) groups is 1. The van der Waals surface area contributed by atoms with Gasteiger partial charge in [0.2, 0.25) is 0 Å². The highest BCUT2D eigenvalue weighted by molar-refractivity contribution is 5.97. The fourth-order valence-electron chi connectivity index (χ4n) is 2.10. The van der Waals surface area contributed by atoms with E-state index in [0.717, 1.165) is 31.2 Å². The molecule has 0 fully saturated rings. The molecule has 132 valence electrons. The SMILES string of the molecule is CC1=NN(C(=O)c2ccc(F)cc2)[C@](O)(C(F)(F)OC(F)(F)F)C1. The van der Waals surface area contributed by atoms with E-state index in [1.807, 2.05) is 0 Å². The zero-order valence-electron chi connectivity index (χ0n) is 11.9. The number of nitrogens with zero attached hydrogens (tertiary/aromatic N) is 2. The Balaban J connectivity index is 2.39. The molecule has 1 N–H and O–H groups in total. The number of hydrazone groups is 1. The van der Waals surface area contributed by atoms with Crippen molar-refractivity contribution in [3.63, 3.8) is 0 Å². The van der Waals surface area contributed by atoms with Gasteiger partial charge in [0.05, 0.1) is 0 Å². The first-order valence-corrected chi connectivity index (χ1v) is 6.37. The number of hydrogen-bond acceptors (Lipinski definition) is 4. The Kier molecular flexibility index (Phi) is 4.35. The molecule has 11 heteroatoms. The monoisotopic (exact) mass is 356 g/mol. The van der Waals surface area contributed by atoms with Crippen LogP contribution in [0.2, 0.25) is 0 Å². The smallest absolute Gasteiger partial charge is 0.362 e. The van der Waals surface area contributed by atoms with E-state index in [1.54, 1.807) is 0 Å². The second kappa shape index (κ2) is 5.74. The van der Waals surface area contributed by atoms with Crippen LogP contribution in [0.5, 0.6) is 0 Å². The van der Waals surface area contributed by atoms with Gasteiger partial charge < -0.3 is 5.11 Å². The molecule has 1 aromatic carbocycles. The summed E-state index contributed by atoms with van der Waals surface area (Å²) in [5, 5.41) is 13.2. The minimum atomic E-state index is -5.76. The molecule has 0 radical (unpaired) electrons. The summed E-state index contributed by atoms with van der Waals surface area (Å²) in [5.74, 6) is -2.08. The largest absolute Gasteiger partial charge is 0.527 e. The molecule has 1 aliphatic rings. The number of hydrogen-bond donors (Lipinski definition) is 1. The van der Waals surface area contributed by atoms with E-state index in [1.165, 1.54) is 0 Å². The molecule has 1 amide bonds. The van der Waals surface area contributed by atoms with Gasteiger partial charge >= 0.3 is 12.5 Å². The predicted octanol–water partition coefficient (Wildman–Crippen LogP) is 2.87. The molecule has 2 rings (SSSR count). The van der Waals surface area contributed by atoms with E-state index < -0.39 is 36.3 Å². The standard InChI is InChI=1S/C13H10F6N2O3/c1-7-6-11(23,12(15,16)24-13(17,18)19)21(20-7)10(22)8-2-4-9(14)5-3-8/h2-5,23H,6H2,1H3/t11-/m1/s1. The summed E-state index contributed by atoms with van der Waals surface area (Å²) < 4.78 is 79.8. The highest BCUT2D eigenvalue weighted by Crippen LogP contribution is 2.43. The first-order chi connectivity index (χ1) is 10.9. The van der Waals surface area contributed by atoms with Gasteiger partial charge in [-0.1, -0.05) is 0 Å². The number of carbonyl (C=O) groups excluding carboxylic acids is 1. The predicted molar refractivity (Wildman–Crippen MR) is 67.3 cm³/mol. The summed E-state index contributed by atoms with van der Waals surface area (Å²) in [6.45, 7) is 1.13. The van der Waals surface area contributed by atoms with Crippen LogP contribution < -0.4 is 0 Å². The Hall–Kier alpha value is -2.14. The summed E-state index contributed by atoms with van der Waals surface area (Å²) in [6.07, 6.45) is -12.0. The van der Waals surface area contributed by atoms with Gasteiger partial charge in [-0.05, 0) is 31.2 Å². The second-order valence-electron chi connectivity index (χ2n) is 5.02. The summed E-state index contributed by atoms with van der Waals surface area (Å²) >= 11 is 0. The molecule has 1 aliphatic heterocycles. The van der Waals surface area contributed by atoms with Gasteiger partial charge in [0.1, 0.15) is 5.82 Å². The average molecular weight is 356 g/mol. The van der Waals surface area contributed by atoms with Gasteiger partial charge in [-0.25, -0.2) is 9.13 Å². The lowest BCUT2D eigenvalue weighted by molar-refractivity contribution is -0.468. The van der Waals surface area contributed by atoms with Crippen LogP contribution in [0.25, 0.3) is 0 Å². The molecule has 0 bridgehead atoms. The first kappa shape index (κ1) is 18.2. The maximum Gasteiger partial charge on any atom is 0.527 e. The lowest BCUT2D eigenvalue weighted by Gasteiger charge is -2.36. The molecule has 5 nitrogen and oxygen atoms in total. The lowest BCUT2D eigenvalue weighted by Crippen LogP contribution is -2.61. The average Bonchev–Trinajstić information content (AvgIpc) is 2.73. The Morgan fingerprint density at radius 3 is 2.29 bits per heavy atom. The third-order valence-electron chi connectivity index (χ3n) is 3.12. The van der Waals surface area contributed by atoms with Crippen molar-refractivity contribution in [2.45, 2.75) is 31.5 Å². The van der Waals surface area contributed by atoms with Crippen molar-refractivity contribution in [2.24, 2.45) is 5.10 Å². The molecule has 1 aromatic rings. The Labute approximate surface area is 131 Å². The molecule has 1 heterocycles. The third-order valence-corrected chi connectivity index (χ3v) is 3.12. The molecular weight excluding hydrogens is 346 g/mol. The van der Waals surface area contributed by atoms with Crippen LogP contribution in [-0.2, 0) is 4.74 Å². The van der Waals surface area contributed by atoms with Crippen LogP contribution in [0.15, 0.2) is 29.4 Å². The molecule has 0 aliphatic carbocycles. The van der Waals surface area contributed by atoms with Gasteiger partial charge in [0.25, 0.3) is 11.6 Å². The highest BCUT2D eigenvalue weighted by Gasteiger charge is 2.66. The van der Waals surface area contributed by atoms with Crippen molar-refractivity contribution in [3.8, 4) is 0 Å².